The van der Waals surface area contributed by atoms with Crippen molar-refractivity contribution in [1.29, 1.82) is 0 Å². The predicted octanol–water partition coefficient (Wildman–Crippen LogP) is 4.72. The molecule has 0 unspecified atom stereocenters. The van der Waals surface area contributed by atoms with Gasteiger partial charge in [-0.3, -0.25) is 0 Å². The number of halogens is 3. The second kappa shape index (κ2) is 8.04. The summed E-state index contributed by atoms with van der Waals surface area (Å²) in [7, 11) is 0. The third-order valence-electron chi connectivity index (χ3n) is 5.14. The molecule has 162 valence electrons. The van der Waals surface area contributed by atoms with Crippen molar-refractivity contribution in [3.05, 3.63) is 82.7 Å². The van der Waals surface area contributed by atoms with Crippen LogP contribution >= 0.6 is 11.6 Å². The minimum Gasteiger partial charge on any atom is -0.347 e. The first-order chi connectivity index (χ1) is 15.5. The Morgan fingerprint density at radius 2 is 2.12 bits per heavy atom. The molecule has 4 aromatic rings. The van der Waals surface area contributed by atoms with Gasteiger partial charge in [0.2, 0.25) is 11.7 Å². The summed E-state index contributed by atoms with van der Waals surface area (Å²) in [5.74, 6) is -0.630. The van der Waals surface area contributed by atoms with Gasteiger partial charge in [-0.25, -0.2) is 18.6 Å². The van der Waals surface area contributed by atoms with Crippen LogP contribution in [0.5, 0.6) is 0 Å². The van der Waals surface area contributed by atoms with E-state index in [4.69, 9.17) is 16.1 Å². The van der Waals surface area contributed by atoms with Crippen LogP contribution < -0.4 is 5.32 Å². The number of aromatic amines is 1. The number of imidazole rings is 1. The minimum absolute atomic E-state index is 0.0659. The van der Waals surface area contributed by atoms with Gasteiger partial charge in [-0.1, -0.05) is 22.8 Å². The van der Waals surface area contributed by atoms with Crippen molar-refractivity contribution in [3.8, 4) is 11.4 Å². The zero-order valence-corrected chi connectivity index (χ0v) is 17.1. The number of H-pyrrole nitrogens is 1. The maximum absolute atomic E-state index is 13.5. The topological polar surface area (TPSA) is 99.9 Å². The molecule has 11 heteroatoms. The zero-order valence-electron chi connectivity index (χ0n) is 16.3. The Morgan fingerprint density at radius 1 is 1.25 bits per heavy atom. The molecule has 0 saturated carbocycles. The molecule has 2 aromatic carbocycles. The maximum Gasteiger partial charge on any atom is 0.322 e. The number of fused-ring (bicyclic) bond motifs is 1. The van der Waals surface area contributed by atoms with Crippen LogP contribution in [0.4, 0.5) is 19.3 Å². The summed E-state index contributed by atoms with van der Waals surface area (Å²) < 4.78 is 32.5. The number of benzene rings is 2. The lowest BCUT2D eigenvalue weighted by molar-refractivity contribution is 0.155. The van der Waals surface area contributed by atoms with Crippen molar-refractivity contribution in [2.45, 2.75) is 19.0 Å². The van der Waals surface area contributed by atoms with Crippen molar-refractivity contribution in [2.75, 3.05) is 5.32 Å². The summed E-state index contributed by atoms with van der Waals surface area (Å²) in [6.45, 7) is 0.210. The fraction of sp³-hybridized carbons (Fsp3) is 0.143. The number of hydrogen-bond acceptors (Lipinski definition) is 5. The van der Waals surface area contributed by atoms with Gasteiger partial charge in [-0.05, 0) is 36.4 Å². The van der Waals surface area contributed by atoms with Crippen LogP contribution in [-0.4, -0.2) is 31.0 Å². The van der Waals surface area contributed by atoms with Crippen LogP contribution in [0.2, 0.25) is 5.02 Å². The molecule has 1 aliphatic rings. The molecule has 2 aromatic heterocycles. The molecule has 0 spiro atoms. The number of aromatic nitrogens is 4. The molecule has 32 heavy (non-hydrogen) atoms. The number of carbonyl (C=O) groups excluding carboxylic acids is 1. The minimum atomic E-state index is -0.614. The lowest BCUT2D eigenvalue weighted by atomic mass is 10.0. The molecule has 1 aliphatic heterocycles. The van der Waals surface area contributed by atoms with Gasteiger partial charge < -0.3 is 19.7 Å². The van der Waals surface area contributed by atoms with Crippen LogP contribution in [0, 0.1) is 11.6 Å². The molecule has 3 heterocycles. The van der Waals surface area contributed by atoms with Gasteiger partial charge in [0.05, 0.1) is 29.3 Å². The number of anilines is 1. The van der Waals surface area contributed by atoms with E-state index in [2.05, 4.69) is 25.4 Å². The van der Waals surface area contributed by atoms with E-state index < -0.39 is 23.7 Å². The van der Waals surface area contributed by atoms with Crippen LogP contribution in [0.1, 0.15) is 23.3 Å². The van der Waals surface area contributed by atoms with E-state index in [0.717, 1.165) is 11.4 Å². The molecule has 8 nitrogen and oxygen atoms in total. The lowest BCUT2D eigenvalue weighted by Gasteiger charge is -2.32. The van der Waals surface area contributed by atoms with Gasteiger partial charge in [-0.15, -0.1) is 0 Å². The Hall–Kier alpha value is -3.79. The van der Waals surface area contributed by atoms with E-state index in [0.29, 0.717) is 17.7 Å². The van der Waals surface area contributed by atoms with Crippen LogP contribution in [0.25, 0.3) is 11.4 Å². The van der Waals surface area contributed by atoms with E-state index in [9.17, 15) is 13.6 Å². The van der Waals surface area contributed by atoms with Gasteiger partial charge in [0.1, 0.15) is 17.7 Å². The highest BCUT2D eigenvalue weighted by atomic mass is 35.5. The highest BCUT2D eigenvalue weighted by Crippen LogP contribution is 2.33. The van der Waals surface area contributed by atoms with E-state index in [1.54, 1.807) is 12.4 Å². The van der Waals surface area contributed by atoms with Crippen molar-refractivity contribution in [1.82, 2.24) is 25.0 Å². The monoisotopic (exact) mass is 456 g/mol. The Kier molecular flexibility index (Phi) is 5.06. The van der Waals surface area contributed by atoms with Crippen LogP contribution in [0.15, 0.2) is 53.3 Å². The number of urea groups is 1. The summed E-state index contributed by atoms with van der Waals surface area (Å²) in [4.78, 5) is 26.3. The largest absolute Gasteiger partial charge is 0.347 e. The molecule has 0 fully saturated rings. The molecule has 2 N–H and O–H groups in total. The summed E-state index contributed by atoms with van der Waals surface area (Å²) in [5.41, 5.74) is 2.34. The SMILES string of the molecule is O=C(Nc1cccc(F)c1)N1Cc2[nH]cnc2C[C@H]1c1nc(-c2ccc(F)c(Cl)c2)no1. The molecular formula is C21H15ClF2N6O2. The first kappa shape index (κ1) is 20.1. The van der Waals surface area contributed by atoms with Gasteiger partial charge >= 0.3 is 6.03 Å². The summed E-state index contributed by atoms with van der Waals surface area (Å²) in [5, 5.41) is 6.59. The molecule has 0 saturated heterocycles. The molecule has 2 amide bonds. The Labute approximate surface area is 185 Å². The predicted molar refractivity (Wildman–Crippen MR) is 111 cm³/mol. The third-order valence-corrected chi connectivity index (χ3v) is 5.43. The smallest absolute Gasteiger partial charge is 0.322 e. The standard InChI is InChI=1S/C21H15ClF2N6O2/c22-14-6-11(4-5-15(14)24)19-28-20(32-29-19)18-8-16-17(26-10-25-16)9-30(18)21(31)27-13-3-1-2-12(23)7-13/h1-7,10,18H,8-9H2,(H,25,26)(H,27,31)/t18-/m0/s1. The number of nitrogens with one attached hydrogen (secondary N) is 2. The van der Waals surface area contributed by atoms with Crippen LogP contribution in [0.3, 0.4) is 0 Å². The van der Waals surface area contributed by atoms with Crippen molar-refractivity contribution in [3.63, 3.8) is 0 Å². The molecule has 5 rings (SSSR count). The van der Waals surface area contributed by atoms with Gasteiger partial charge in [0, 0.05) is 17.7 Å². The molecule has 1 atom stereocenters. The van der Waals surface area contributed by atoms with E-state index in [-0.39, 0.29) is 23.3 Å². The Morgan fingerprint density at radius 3 is 2.94 bits per heavy atom. The lowest BCUT2D eigenvalue weighted by Crippen LogP contribution is -2.41. The third kappa shape index (κ3) is 3.80. The van der Waals surface area contributed by atoms with E-state index >= 15 is 0 Å². The van der Waals surface area contributed by atoms with Gasteiger partial charge in [0.25, 0.3) is 0 Å². The van der Waals surface area contributed by atoms with Crippen molar-refractivity contribution in [2.24, 2.45) is 0 Å². The first-order valence-electron chi connectivity index (χ1n) is 9.61. The average molecular weight is 457 g/mol. The number of amides is 2. The molecule has 0 bridgehead atoms. The quantitative estimate of drug-likeness (QED) is 0.464. The van der Waals surface area contributed by atoms with E-state index in [1.165, 1.54) is 41.3 Å². The Bertz CT molecular complexity index is 1310. The zero-order chi connectivity index (χ0) is 22.2. The summed E-state index contributed by atoms with van der Waals surface area (Å²) >= 11 is 5.86. The second-order valence-electron chi connectivity index (χ2n) is 7.20. The van der Waals surface area contributed by atoms with Gasteiger partial charge in [-0.2, -0.15) is 4.98 Å². The van der Waals surface area contributed by atoms with Crippen LogP contribution in [-0.2, 0) is 13.0 Å². The number of nitrogens with zero attached hydrogens (tertiary/aromatic N) is 4. The van der Waals surface area contributed by atoms with Gasteiger partial charge in [0.15, 0.2) is 0 Å². The number of rotatable bonds is 3. The van der Waals surface area contributed by atoms with E-state index in [1.807, 2.05) is 0 Å². The molecular weight excluding hydrogens is 442 g/mol. The van der Waals surface area contributed by atoms with Crippen molar-refractivity contribution < 1.29 is 18.1 Å². The summed E-state index contributed by atoms with van der Waals surface area (Å²) in [6.07, 6.45) is 1.89. The number of carbonyl (C=O) groups is 1. The fourth-order valence-corrected chi connectivity index (χ4v) is 3.74. The highest BCUT2D eigenvalue weighted by Gasteiger charge is 2.36. The molecule has 0 radical (unpaired) electrons. The normalized spacial score (nSPS) is 15.5. The highest BCUT2D eigenvalue weighted by molar-refractivity contribution is 6.31. The van der Waals surface area contributed by atoms with Crippen molar-refractivity contribution >= 4 is 23.3 Å². The first-order valence-corrected chi connectivity index (χ1v) is 9.99. The second-order valence-corrected chi connectivity index (χ2v) is 7.61. The summed E-state index contributed by atoms with van der Waals surface area (Å²) in [6, 6.07) is 8.61. The number of hydrogen-bond donors (Lipinski definition) is 2. The fourth-order valence-electron chi connectivity index (χ4n) is 3.55. The Balaban J connectivity index is 1.46. The maximum atomic E-state index is 13.5. The molecule has 0 aliphatic carbocycles. The average Bonchev–Trinajstić information content (AvgIpc) is 3.44.